The summed E-state index contributed by atoms with van der Waals surface area (Å²) in [6, 6.07) is 8.57. The predicted molar refractivity (Wildman–Crippen MR) is 82.1 cm³/mol. The molecule has 0 saturated heterocycles. The van der Waals surface area contributed by atoms with E-state index in [2.05, 4.69) is 41.3 Å². The lowest BCUT2D eigenvalue weighted by Crippen LogP contribution is -2.06. The first-order valence-electron chi connectivity index (χ1n) is 7.88. The lowest BCUT2D eigenvalue weighted by molar-refractivity contribution is 0.357. The fraction of sp³-hybridized carbons (Fsp3) is 0.529. The van der Waals surface area contributed by atoms with Crippen molar-refractivity contribution in [2.24, 2.45) is 11.7 Å². The van der Waals surface area contributed by atoms with Crippen LogP contribution >= 0.6 is 0 Å². The summed E-state index contributed by atoms with van der Waals surface area (Å²) in [6.07, 6.45) is 5.15. The summed E-state index contributed by atoms with van der Waals surface area (Å²) in [5, 5.41) is 4.21. The Kier molecular flexibility index (Phi) is 4.34. The van der Waals surface area contributed by atoms with Crippen LogP contribution in [0.4, 0.5) is 0 Å². The topological polar surface area (TPSA) is 64.9 Å². The summed E-state index contributed by atoms with van der Waals surface area (Å²) in [4.78, 5) is 4.61. The van der Waals surface area contributed by atoms with E-state index in [0.717, 1.165) is 50.4 Å². The van der Waals surface area contributed by atoms with Crippen molar-refractivity contribution in [3.8, 4) is 0 Å². The van der Waals surface area contributed by atoms with E-state index in [0.29, 0.717) is 11.8 Å². The number of aryl methyl sites for hydroxylation is 2. The van der Waals surface area contributed by atoms with Gasteiger partial charge in [-0.25, -0.2) is 0 Å². The van der Waals surface area contributed by atoms with Gasteiger partial charge in [-0.1, -0.05) is 36.3 Å². The molecule has 0 fully saturated rings. The van der Waals surface area contributed by atoms with Gasteiger partial charge in [0, 0.05) is 12.3 Å². The third-order valence-corrected chi connectivity index (χ3v) is 4.44. The van der Waals surface area contributed by atoms with Crippen molar-refractivity contribution in [1.82, 2.24) is 10.1 Å². The van der Waals surface area contributed by atoms with Crippen molar-refractivity contribution < 1.29 is 4.52 Å². The van der Waals surface area contributed by atoms with Gasteiger partial charge < -0.3 is 10.3 Å². The van der Waals surface area contributed by atoms with Gasteiger partial charge >= 0.3 is 0 Å². The van der Waals surface area contributed by atoms with Crippen molar-refractivity contribution in [3.05, 3.63) is 47.1 Å². The van der Waals surface area contributed by atoms with Gasteiger partial charge in [0.15, 0.2) is 5.82 Å². The van der Waals surface area contributed by atoms with Crippen LogP contribution in [0.5, 0.6) is 0 Å². The van der Waals surface area contributed by atoms with E-state index in [1.807, 2.05) is 0 Å². The van der Waals surface area contributed by atoms with Crippen LogP contribution in [-0.2, 0) is 12.8 Å². The van der Waals surface area contributed by atoms with Crippen LogP contribution in [0, 0.1) is 5.92 Å². The number of fused-ring (bicyclic) bond motifs is 1. The van der Waals surface area contributed by atoms with Gasteiger partial charge in [-0.3, -0.25) is 0 Å². The smallest absolute Gasteiger partial charge is 0.226 e. The Morgan fingerprint density at radius 2 is 2.19 bits per heavy atom. The molecule has 4 nitrogen and oxygen atoms in total. The summed E-state index contributed by atoms with van der Waals surface area (Å²) in [5.41, 5.74) is 8.36. The molecule has 1 aromatic heterocycles. The molecule has 2 aromatic rings. The molecule has 112 valence electrons. The Labute approximate surface area is 125 Å². The van der Waals surface area contributed by atoms with Crippen LogP contribution in [0.2, 0.25) is 0 Å². The molecule has 0 spiro atoms. The van der Waals surface area contributed by atoms with Gasteiger partial charge in [0.05, 0.1) is 0 Å². The highest BCUT2D eigenvalue weighted by molar-refractivity contribution is 5.38. The SMILES string of the molecule is CC(CCN)CCc1nc(C2CCc3ccccc32)no1. The molecular formula is C17H23N3O. The second-order valence-corrected chi connectivity index (χ2v) is 6.06. The predicted octanol–water partition coefficient (Wildman–Crippen LogP) is 3.07. The van der Waals surface area contributed by atoms with Gasteiger partial charge in [0.25, 0.3) is 0 Å². The highest BCUT2D eigenvalue weighted by atomic mass is 16.5. The highest BCUT2D eigenvalue weighted by Crippen LogP contribution is 2.36. The number of nitrogens with zero attached hydrogens (tertiary/aromatic N) is 2. The Hall–Kier alpha value is -1.68. The van der Waals surface area contributed by atoms with Crippen molar-refractivity contribution in [3.63, 3.8) is 0 Å². The summed E-state index contributed by atoms with van der Waals surface area (Å²) < 4.78 is 5.43. The minimum absolute atomic E-state index is 0.306. The first-order chi connectivity index (χ1) is 10.3. The molecule has 2 N–H and O–H groups in total. The van der Waals surface area contributed by atoms with E-state index in [-0.39, 0.29) is 0 Å². The Morgan fingerprint density at radius 3 is 3.05 bits per heavy atom. The highest BCUT2D eigenvalue weighted by Gasteiger charge is 2.27. The third-order valence-electron chi connectivity index (χ3n) is 4.44. The molecule has 21 heavy (non-hydrogen) atoms. The molecule has 0 aliphatic heterocycles. The number of aromatic nitrogens is 2. The van der Waals surface area contributed by atoms with Gasteiger partial charge in [-0.2, -0.15) is 4.98 Å². The Balaban J connectivity index is 1.66. The molecule has 1 heterocycles. The molecular weight excluding hydrogens is 262 g/mol. The normalized spacial score (nSPS) is 18.7. The molecule has 0 radical (unpaired) electrons. The van der Waals surface area contributed by atoms with Crippen molar-refractivity contribution in [2.75, 3.05) is 6.54 Å². The molecule has 0 amide bonds. The largest absolute Gasteiger partial charge is 0.339 e. The lowest BCUT2D eigenvalue weighted by atomic mass is 10.0. The lowest BCUT2D eigenvalue weighted by Gasteiger charge is -2.07. The van der Waals surface area contributed by atoms with Gasteiger partial charge in [0.1, 0.15) is 0 Å². The maximum Gasteiger partial charge on any atom is 0.226 e. The minimum atomic E-state index is 0.306. The fourth-order valence-electron chi connectivity index (χ4n) is 3.14. The van der Waals surface area contributed by atoms with Gasteiger partial charge in [-0.15, -0.1) is 0 Å². The summed E-state index contributed by atoms with van der Waals surface area (Å²) >= 11 is 0. The van der Waals surface area contributed by atoms with Crippen LogP contribution in [0.1, 0.15) is 54.9 Å². The molecule has 1 aromatic carbocycles. The van der Waals surface area contributed by atoms with Crippen molar-refractivity contribution >= 4 is 0 Å². The minimum Gasteiger partial charge on any atom is -0.339 e. The average molecular weight is 285 g/mol. The Morgan fingerprint density at radius 1 is 1.33 bits per heavy atom. The molecule has 0 saturated carbocycles. The second-order valence-electron chi connectivity index (χ2n) is 6.06. The van der Waals surface area contributed by atoms with E-state index >= 15 is 0 Å². The molecule has 3 rings (SSSR count). The first kappa shape index (κ1) is 14.3. The molecule has 2 unspecified atom stereocenters. The summed E-state index contributed by atoms with van der Waals surface area (Å²) in [5.74, 6) is 2.53. The number of hydrogen-bond donors (Lipinski definition) is 1. The van der Waals surface area contributed by atoms with Crippen LogP contribution in [0.25, 0.3) is 0 Å². The van der Waals surface area contributed by atoms with Crippen LogP contribution in [0.15, 0.2) is 28.8 Å². The van der Waals surface area contributed by atoms with E-state index in [1.165, 1.54) is 11.1 Å². The second kappa shape index (κ2) is 6.39. The molecule has 2 atom stereocenters. The van der Waals surface area contributed by atoms with Gasteiger partial charge in [0.2, 0.25) is 5.89 Å². The zero-order chi connectivity index (χ0) is 14.7. The van der Waals surface area contributed by atoms with E-state index in [4.69, 9.17) is 10.3 Å². The maximum absolute atomic E-state index is 5.58. The standard InChI is InChI=1S/C17H23N3O/c1-12(10-11-18)6-9-16-19-17(20-21-16)15-8-7-13-4-2-3-5-14(13)15/h2-5,12,15H,6-11,18H2,1H3. The van der Waals surface area contributed by atoms with Crippen LogP contribution in [0.3, 0.4) is 0 Å². The summed E-state index contributed by atoms with van der Waals surface area (Å²) in [6.45, 7) is 2.96. The van der Waals surface area contributed by atoms with E-state index < -0.39 is 0 Å². The number of rotatable bonds is 6. The fourth-order valence-corrected chi connectivity index (χ4v) is 3.14. The average Bonchev–Trinajstić information content (AvgIpc) is 3.12. The molecule has 1 aliphatic rings. The zero-order valence-electron chi connectivity index (χ0n) is 12.6. The zero-order valence-corrected chi connectivity index (χ0v) is 12.6. The number of nitrogens with two attached hydrogens (primary N) is 1. The quantitative estimate of drug-likeness (QED) is 0.886. The monoisotopic (exact) mass is 285 g/mol. The third kappa shape index (κ3) is 3.16. The van der Waals surface area contributed by atoms with Crippen molar-refractivity contribution in [1.29, 1.82) is 0 Å². The molecule has 0 bridgehead atoms. The summed E-state index contributed by atoms with van der Waals surface area (Å²) in [7, 11) is 0. The van der Waals surface area contributed by atoms with Crippen LogP contribution in [-0.4, -0.2) is 16.7 Å². The Bertz CT molecular complexity index is 593. The van der Waals surface area contributed by atoms with Gasteiger partial charge in [-0.05, 0) is 49.3 Å². The maximum atomic E-state index is 5.58. The number of hydrogen-bond acceptors (Lipinski definition) is 4. The van der Waals surface area contributed by atoms with E-state index in [9.17, 15) is 0 Å². The van der Waals surface area contributed by atoms with E-state index in [1.54, 1.807) is 0 Å². The first-order valence-corrected chi connectivity index (χ1v) is 7.88. The van der Waals surface area contributed by atoms with Crippen molar-refractivity contribution in [2.45, 2.75) is 44.9 Å². The number of benzene rings is 1. The molecule has 1 aliphatic carbocycles. The molecule has 4 heteroatoms. The van der Waals surface area contributed by atoms with Crippen LogP contribution < -0.4 is 5.73 Å².